The van der Waals surface area contributed by atoms with Crippen molar-refractivity contribution in [2.75, 3.05) is 33.4 Å². The number of aromatic hydroxyl groups is 1. The number of para-hydroxylation sites is 1. The molecule has 0 spiro atoms. The van der Waals surface area contributed by atoms with Crippen molar-refractivity contribution in [3.05, 3.63) is 40.5 Å². The molecular weight excluding hydrogens is 340 g/mol. The number of aromatic nitrogens is 3. The summed E-state index contributed by atoms with van der Waals surface area (Å²) in [6.07, 6.45) is 0. The van der Waals surface area contributed by atoms with Gasteiger partial charge in [0.15, 0.2) is 6.04 Å². The number of hydrogen-bond donors (Lipinski definition) is 2. The second-order valence-corrected chi connectivity index (χ2v) is 7.10. The molecule has 1 aromatic carbocycles. The van der Waals surface area contributed by atoms with Crippen molar-refractivity contribution in [2.45, 2.75) is 13.0 Å². The zero-order valence-electron chi connectivity index (χ0n) is 14.2. The van der Waals surface area contributed by atoms with Crippen LogP contribution in [0.2, 0.25) is 0 Å². The van der Waals surface area contributed by atoms with Crippen LogP contribution in [-0.4, -0.2) is 53.1 Å². The molecule has 2 N–H and O–H groups in total. The number of hydrogen-bond acceptors (Lipinski definition) is 6. The van der Waals surface area contributed by atoms with Crippen molar-refractivity contribution in [2.24, 2.45) is 0 Å². The standard InChI is InChI=1S/C17H20N4O3S/c1-11-18-17-21(19-11)16(22)15(25-17)14(20-7-9-24-10-8-20)12-5-3-4-6-13(12)23-2/h3-6,14,22H,7-10H2,1-2H3/p+1/t14-/m1/s1. The van der Waals surface area contributed by atoms with Crippen molar-refractivity contribution in [3.63, 3.8) is 0 Å². The Kier molecular flexibility index (Phi) is 4.32. The largest absolute Gasteiger partial charge is 0.496 e. The number of benzene rings is 1. The number of nitrogens with one attached hydrogen (secondary N) is 1. The van der Waals surface area contributed by atoms with Gasteiger partial charge in [-0.15, -0.1) is 5.10 Å². The van der Waals surface area contributed by atoms with Crippen LogP contribution in [0, 0.1) is 6.92 Å². The fourth-order valence-electron chi connectivity index (χ4n) is 3.41. The first-order chi connectivity index (χ1) is 12.2. The maximum absolute atomic E-state index is 10.8. The normalized spacial score (nSPS) is 17.0. The molecule has 1 fully saturated rings. The number of morpholine rings is 1. The van der Waals surface area contributed by atoms with Gasteiger partial charge in [-0.05, 0) is 19.1 Å². The minimum absolute atomic E-state index is 0.0474. The Bertz CT molecular complexity index is 885. The summed E-state index contributed by atoms with van der Waals surface area (Å²) in [6.45, 7) is 4.98. The van der Waals surface area contributed by atoms with Gasteiger partial charge in [-0.3, -0.25) is 0 Å². The van der Waals surface area contributed by atoms with Gasteiger partial charge in [-0.25, -0.2) is 4.98 Å². The summed E-state index contributed by atoms with van der Waals surface area (Å²) in [5.74, 6) is 1.64. The van der Waals surface area contributed by atoms with Gasteiger partial charge in [-0.1, -0.05) is 23.5 Å². The van der Waals surface area contributed by atoms with Crippen LogP contribution in [0.15, 0.2) is 24.3 Å². The average molecular weight is 361 g/mol. The van der Waals surface area contributed by atoms with Crippen LogP contribution in [0.25, 0.3) is 4.96 Å². The number of methoxy groups -OCH3 is 1. The molecule has 0 amide bonds. The van der Waals surface area contributed by atoms with Gasteiger partial charge >= 0.3 is 0 Å². The molecule has 0 saturated carbocycles. The molecular formula is C17H21N4O3S+. The minimum atomic E-state index is -0.0474. The van der Waals surface area contributed by atoms with E-state index in [9.17, 15) is 5.11 Å². The number of quaternary nitrogens is 1. The molecule has 1 atom stereocenters. The summed E-state index contributed by atoms with van der Waals surface area (Å²) in [5.41, 5.74) is 1.05. The maximum Gasteiger partial charge on any atom is 0.235 e. The molecule has 7 nitrogen and oxygen atoms in total. The van der Waals surface area contributed by atoms with E-state index in [1.807, 2.05) is 25.1 Å². The predicted octanol–water partition coefficient (Wildman–Crippen LogP) is 0.818. The van der Waals surface area contributed by atoms with Crippen LogP contribution < -0.4 is 9.64 Å². The number of fused-ring (bicyclic) bond motifs is 1. The van der Waals surface area contributed by atoms with Gasteiger partial charge in [0.05, 0.1) is 25.9 Å². The predicted molar refractivity (Wildman–Crippen MR) is 93.6 cm³/mol. The van der Waals surface area contributed by atoms with Gasteiger partial charge in [0, 0.05) is 0 Å². The van der Waals surface area contributed by atoms with E-state index in [4.69, 9.17) is 9.47 Å². The Morgan fingerprint density at radius 1 is 1.32 bits per heavy atom. The number of thiazole rings is 1. The molecule has 1 saturated heterocycles. The Hall–Kier alpha value is -2.16. The molecule has 1 aliphatic rings. The van der Waals surface area contributed by atoms with E-state index in [-0.39, 0.29) is 11.9 Å². The van der Waals surface area contributed by atoms with Crippen LogP contribution in [0.5, 0.6) is 11.6 Å². The lowest BCUT2D eigenvalue weighted by Gasteiger charge is -2.31. The van der Waals surface area contributed by atoms with E-state index in [1.54, 1.807) is 7.11 Å². The number of aryl methyl sites for hydroxylation is 1. The van der Waals surface area contributed by atoms with Crippen molar-refractivity contribution in [1.29, 1.82) is 0 Å². The van der Waals surface area contributed by atoms with E-state index in [0.29, 0.717) is 24.0 Å². The summed E-state index contributed by atoms with van der Waals surface area (Å²) < 4.78 is 12.6. The highest BCUT2D eigenvalue weighted by atomic mass is 32.1. The first kappa shape index (κ1) is 16.3. The van der Waals surface area contributed by atoms with Crippen molar-refractivity contribution in [1.82, 2.24) is 14.6 Å². The highest BCUT2D eigenvalue weighted by Gasteiger charge is 2.35. The number of rotatable bonds is 4. The number of nitrogens with zero attached hydrogens (tertiary/aromatic N) is 3. The van der Waals surface area contributed by atoms with E-state index >= 15 is 0 Å². The van der Waals surface area contributed by atoms with Gasteiger partial charge in [0.2, 0.25) is 10.8 Å². The summed E-state index contributed by atoms with van der Waals surface area (Å²) >= 11 is 1.48. The van der Waals surface area contributed by atoms with Crippen LogP contribution in [-0.2, 0) is 4.74 Å². The molecule has 0 bridgehead atoms. The van der Waals surface area contributed by atoms with Gasteiger partial charge < -0.3 is 19.5 Å². The van der Waals surface area contributed by atoms with E-state index in [0.717, 1.165) is 29.3 Å². The average Bonchev–Trinajstić information content (AvgIpc) is 3.14. The maximum atomic E-state index is 10.8. The second-order valence-electron chi connectivity index (χ2n) is 6.09. The summed E-state index contributed by atoms with van der Waals surface area (Å²) in [4.78, 5) is 7.31. The Morgan fingerprint density at radius 2 is 2.08 bits per heavy atom. The third kappa shape index (κ3) is 2.86. The zero-order chi connectivity index (χ0) is 17.4. The first-order valence-electron chi connectivity index (χ1n) is 8.29. The van der Waals surface area contributed by atoms with Crippen LogP contribution in [0.4, 0.5) is 0 Å². The lowest BCUT2D eigenvalue weighted by atomic mass is 10.0. The molecule has 3 aromatic rings. The van der Waals surface area contributed by atoms with E-state index < -0.39 is 0 Å². The molecule has 3 heterocycles. The monoisotopic (exact) mass is 361 g/mol. The van der Waals surface area contributed by atoms with Gasteiger partial charge in [-0.2, -0.15) is 4.52 Å². The second kappa shape index (κ2) is 6.62. The van der Waals surface area contributed by atoms with Crippen LogP contribution in [0.3, 0.4) is 0 Å². The third-order valence-electron chi connectivity index (χ3n) is 4.56. The smallest absolute Gasteiger partial charge is 0.235 e. The van der Waals surface area contributed by atoms with E-state index in [2.05, 4.69) is 16.1 Å². The van der Waals surface area contributed by atoms with Crippen LogP contribution in [0.1, 0.15) is 22.3 Å². The Balaban J connectivity index is 1.86. The Labute approximate surface area is 149 Å². The summed E-state index contributed by atoms with van der Waals surface area (Å²) in [7, 11) is 1.68. The SMILES string of the molecule is COc1ccccc1[C@H](c1sc2nc(C)nn2c1O)[NH+]1CCOCC1. The molecule has 2 aromatic heterocycles. The molecule has 132 valence electrons. The summed E-state index contributed by atoms with van der Waals surface area (Å²) in [6, 6.07) is 7.93. The van der Waals surface area contributed by atoms with Gasteiger partial charge in [0.25, 0.3) is 0 Å². The molecule has 0 aliphatic carbocycles. The van der Waals surface area contributed by atoms with Crippen LogP contribution >= 0.6 is 11.3 Å². The van der Waals surface area contributed by atoms with Crippen molar-refractivity contribution < 1.29 is 19.5 Å². The highest BCUT2D eigenvalue weighted by Crippen LogP contribution is 2.37. The third-order valence-corrected chi connectivity index (χ3v) is 5.65. The summed E-state index contributed by atoms with van der Waals surface area (Å²) in [5, 5.41) is 15.1. The lowest BCUT2D eigenvalue weighted by Crippen LogP contribution is -3.14. The fraction of sp³-hybridized carbons (Fsp3) is 0.412. The topological polar surface area (TPSA) is 73.3 Å². The lowest BCUT2D eigenvalue weighted by molar-refractivity contribution is -0.932. The quantitative estimate of drug-likeness (QED) is 0.720. The molecule has 8 heteroatoms. The Morgan fingerprint density at radius 3 is 2.80 bits per heavy atom. The van der Waals surface area contributed by atoms with E-state index in [1.165, 1.54) is 20.8 Å². The molecule has 0 unspecified atom stereocenters. The van der Waals surface area contributed by atoms with Crippen molar-refractivity contribution in [3.8, 4) is 11.6 Å². The molecule has 1 aliphatic heterocycles. The molecule has 25 heavy (non-hydrogen) atoms. The molecule has 4 rings (SSSR count). The fourth-order valence-corrected chi connectivity index (χ4v) is 4.59. The molecule has 0 radical (unpaired) electrons. The van der Waals surface area contributed by atoms with Gasteiger partial charge in [0.1, 0.15) is 29.5 Å². The highest BCUT2D eigenvalue weighted by molar-refractivity contribution is 7.17. The minimum Gasteiger partial charge on any atom is -0.496 e. The number of ether oxygens (including phenoxy) is 2. The first-order valence-corrected chi connectivity index (χ1v) is 9.11. The zero-order valence-corrected chi connectivity index (χ0v) is 15.0. The van der Waals surface area contributed by atoms with Crippen molar-refractivity contribution >= 4 is 16.3 Å².